The minimum Gasteiger partial charge on any atom is -0.373 e. The number of nitrogens with zero attached hydrogens (tertiary/aromatic N) is 2. The predicted octanol–water partition coefficient (Wildman–Crippen LogP) is 12.0. The first-order valence-corrected chi connectivity index (χ1v) is 17.4. The van der Waals surface area contributed by atoms with E-state index >= 15 is 0 Å². The van der Waals surface area contributed by atoms with E-state index in [4.69, 9.17) is 0 Å². The summed E-state index contributed by atoms with van der Waals surface area (Å²) in [6.45, 7) is 0. The van der Waals surface area contributed by atoms with Crippen LogP contribution in [0.1, 0.15) is 17.8 Å². The zero-order valence-corrected chi connectivity index (χ0v) is 27.2. The number of nitrogens with one attached hydrogen (secondary N) is 2. The summed E-state index contributed by atoms with van der Waals surface area (Å²) < 4.78 is 4.97. The van der Waals surface area contributed by atoms with Crippen molar-refractivity contribution < 1.29 is 0 Å². The quantitative estimate of drug-likeness (QED) is 0.201. The van der Waals surface area contributed by atoms with Gasteiger partial charge in [-0.3, -0.25) is 0 Å². The second-order valence-electron chi connectivity index (χ2n) is 13.5. The fourth-order valence-electron chi connectivity index (χ4n) is 8.62. The summed E-state index contributed by atoms with van der Waals surface area (Å²) in [5.41, 5.74) is 9.47. The molecule has 10 aromatic rings. The summed E-state index contributed by atoms with van der Waals surface area (Å²) >= 11 is 0. The van der Waals surface area contributed by atoms with Crippen molar-refractivity contribution in [3.05, 3.63) is 175 Å². The summed E-state index contributed by atoms with van der Waals surface area (Å²) in [6.07, 6.45) is -0.0634. The van der Waals surface area contributed by atoms with Gasteiger partial charge >= 0.3 is 0 Å². The first kappa shape index (κ1) is 27.4. The molecule has 2 unspecified atom stereocenters. The van der Waals surface area contributed by atoms with Gasteiger partial charge in [0.2, 0.25) is 0 Å². The lowest BCUT2D eigenvalue weighted by molar-refractivity contribution is 0.506. The van der Waals surface area contributed by atoms with Gasteiger partial charge in [-0.1, -0.05) is 121 Å². The smallest absolute Gasteiger partial charge is 0.129 e. The number of hydrogen-bond donors (Lipinski definition) is 2. The van der Waals surface area contributed by atoms with Crippen molar-refractivity contribution in [2.75, 3.05) is 10.6 Å². The highest BCUT2D eigenvalue weighted by atomic mass is 15.3. The molecule has 4 nitrogen and oxygen atoms in total. The monoisotopic (exact) mass is 640 g/mol. The third kappa shape index (κ3) is 3.87. The summed E-state index contributed by atoms with van der Waals surface area (Å²) in [4.78, 5) is 0. The Kier molecular flexibility index (Phi) is 5.75. The van der Waals surface area contributed by atoms with Gasteiger partial charge in [0.1, 0.15) is 6.17 Å². The van der Waals surface area contributed by atoms with Gasteiger partial charge < -0.3 is 19.8 Å². The lowest BCUT2D eigenvalue weighted by Crippen LogP contribution is -2.34. The van der Waals surface area contributed by atoms with E-state index in [1.54, 1.807) is 0 Å². The molecule has 11 rings (SSSR count). The fourth-order valence-corrected chi connectivity index (χ4v) is 8.62. The zero-order chi connectivity index (χ0) is 32.8. The Morgan fingerprint density at radius 1 is 0.400 bits per heavy atom. The molecule has 50 heavy (non-hydrogen) atoms. The van der Waals surface area contributed by atoms with Crippen LogP contribution in [0.15, 0.2) is 170 Å². The SMILES string of the molecule is c1ccc(C2Nc3ccccc3NC2n2c3ccccc3c3cc(-n4c5ccc6ccccc6c5c5c6ccccc6ccc54)ccc32)cc1. The van der Waals surface area contributed by atoms with Crippen LogP contribution >= 0.6 is 0 Å². The van der Waals surface area contributed by atoms with Crippen molar-refractivity contribution >= 4 is 76.5 Å². The van der Waals surface area contributed by atoms with Crippen molar-refractivity contribution in [3.8, 4) is 5.69 Å². The molecule has 4 heteroatoms. The van der Waals surface area contributed by atoms with Gasteiger partial charge in [0.05, 0.1) is 39.5 Å². The average Bonchev–Trinajstić information content (AvgIpc) is 3.71. The van der Waals surface area contributed by atoms with Crippen molar-refractivity contribution in [3.63, 3.8) is 0 Å². The van der Waals surface area contributed by atoms with Crippen molar-refractivity contribution in [1.29, 1.82) is 0 Å². The zero-order valence-electron chi connectivity index (χ0n) is 27.2. The highest BCUT2D eigenvalue weighted by Gasteiger charge is 2.32. The molecule has 0 saturated heterocycles. The number of aromatic nitrogens is 2. The van der Waals surface area contributed by atoms with Gasteiger partial charge in [0.15, 0.2) is 0 Å². The van der Waals surface area contributed by atoms with Crippen LogP contribution in [0.2, 0.25) is 0 Å². The van der Waals surface area contributed by atoms with E-state index in [0.717, 1.165) is 17.1 Å². The highest BCUT2D eigenvalue weighted by Crippen LogP contribution is 2.45. The molecule has 0 fully saturated rings. The van der Waals surface area contributed by atoms with E-state index < -0.39 is 0 Å². The normalized spacial score (nSPS) is 15.9. The lowest BCUT2D eigenvalue weighted by Gasteiger charge is -2.38. The minimum absolute atomic E-state index is 0.0173. The number of fused-ring (bicyclic) bond motifs is 11. The second-order valence-corrected chi connectivity index (χ2v) is 13.5. The molecule has 1 aliphatic rings. The Hall–Kier alpha value is -6.52. The maximum absolute atomic E-state index is 3.95. The van der Waals surface area contributed by atoms with Crippen LogP contribution in [0.3, 0.4) is 0 Å². The van der Waals surface area contributed by atoms with E-state index in [9.17, 15) is 0 Å². The van der Waals surface area contributed by atoms with Crippen molar-refractivity contribution in [2.45, 2.75) is 12.2 Å². The van der Waals surface area contributed by atoms with Gasteiger partial charge in [-0.25, -0.2) is 0 Å². The third-order valence-electron chi connectivity index (χ3n) is 10.8. The molecule has 0 bridgehead atoms. The molecule has 0 spiro atoms. The van der Waals surface area contributed by atoms with Gasteiger partial charge in [-0.05, 0) is 75.6 Å². The van der Waals surface area contributed by atoms with Crippen LogP contribution < -0.4 is 10.6 Å². The minimum atomic E-state index is -0.0634. The standard InChI is InChI=1S/C46H32N4/c1-2-14-31(15-3-1)45-46(48-38-20-10-9-19-37(38)47-45)50-39-21-11-8-18-35(39)36-28-32(24-27-40(36)50)49-41-25-22-29-12-4-6-16-33(29)43(41)44-34-17-7-5-13-30(34)23-26-42(44)49/h1-28,45-48H. The Balaban J connectivity index is 1.19. The molecule has 8 aromatic carbocycles. The lowest BCUT2D eigenvalue weighted by atomic mass is 10.00. The Morgan fingerprint density at radius 3 is 1.64 bits per heavy atom. The highest BCUT2D eigenvalue weighted by molar-refractivity contribution is 6.28. The molecule has 0 aliphatic carbocycles. The van der Waals surface area contributed by atoms with Crippen LogP contribution in [0, 0.1) is 0 Å². The first-order valence-electron chi connectivity index (χ1n) is 17.4. The molecule has 2 N–H and O–H groups in total. The Morgan fingerprint density at radius 2 is 0.940 bits per heavy atom. The molecule has 2 aromatic heterocycles. The van der Waals surface area contributed by atoms with Gasteiger partial charge in [-0.15, -0.1) is 0 Å². The summed E-state index contributed by atoms with van der Waals surface area (Å²) in [6, 6.07) is 61.9. The summed E-state index contributed by atoms with van der Waals surface area (Å²) in [7, 11) is 0. The Labute approximate surface area is 288 Å². The molecule has 236 valence electrons. The summed E-state index contributed by atoms with van der Waals surface area (Å²) in [5, 5.41) is 18.0. The maximum atomic E-state index is 3.95. The van der Waals surface area contributed by atoms with E-state index in [1.807, 2.05) is 0 Å². The predicted molar refractivity (Wildman–Crippen MR) is 211 cm³/mol. The molecule has 0 radical (unpaired) electrons. The largest absolute Gasteiger partial charge is 0.373 e. The maximum Gasteiger partial charge on any atom is 0.129 e. The molecule has 3 heterocycles. The Bertz CT molecular complexity index is 2860. The molecule has 0 saturated carbocycles. The van der Waals surface area contributed by atoms with E-state index in [0.29, 0.717) is 0 Å². The van der Waals surface area contributed by atoms with Crippen LogP contribution in [0.4, 0.5) is 11.4 Å². The van der Waals surface area contributed by atoms with E-state index in [1.165, 1.54) is 70.7 Å². The second kappa shape index (κ2) is 10.5. The third-order valence-corrected chi connectivity index (χ3v) is 10.8. The number of rotatable bonds is 3. The van der Waals surface area contributed by atoms with Crippen molar-refractivity contribution in [1.82, 2.24) is 9.13 Å². The van der Waals surface area contributed by atoms with Gasteiger partial charge in [0.25, 0.3) is 0 Å². The molecular formula is C46H32N4. The van der Waals surface area contributed by atoms with E-state index in [2.05, 4.69) is 190 Å². The molecular weight excluding hydrogens is 609 g/mol. The van der Waals surface area contributed by atoms with E-state index in [-0.39, 0.29) is 12.2 Å². The van der Waals surface area contributed by atoms with Gasteiger partial charge in [-0.2, -0.15) is 0 Å². The van der Waals surface area contributed by atoms with Crippen LogP contribution in [-0.4, -0.2) is 9.13 Å². The topological polar surface area (TPSA) is 33.9 Å². The average molecular weight is 641 g/mol. The van der Waals surface area contributed by atoms with Crippen LogP contribution in [-0.2, 0) is 0 Å². The van der Waals surface area contributed by atoms with Gasteiger partial charge in [0, 0.05) is 27.2 Å². The number of para-hydroxylation sites is 3. The fraction of sp³-hybridized carbons (Fsp3) is 0.0435. The number of anilines is 2. The summed E-state index contributed by atoms with van der Waals surface area (Å²) in [5.74, 6) is 0. The molecule has 1 aliphatic heterocycles. The van der Waals surface area contributed by atoms with Crippen LogP contribution in [0.25, 0.3) is 70.8 Å². The number of benzene rings is 8. The first-order chi connectivity index (χ1) is 24.8. The van der Waals surface area contributed by atoms with Crippen molar-refractivity contribution in [2.24, 2.45) is 0 Å². The molecule has 0 amide bonds. The van der Waals surface area contributed by atoms with Crippen LogP contribution in [0.5, 0.6) is 0 Å². The number of hydrogen-bond acceptors (Lipinski definition) is 2. The molecule has 2 atom stereocenters.